The van der Waals surface area contributed by atoms with Gasteiger partial charge in [0.2, 0.25) is 0 Å². The van der Waals surface area contributed by atoms with Gasteiger partial charge in [0.15, 0.2) is 10.1 Å². The molecule has 0 N–H and O–H groups in total. The molecule has 2 amide bonds. The van der Waals surface area contributed by atoms with E-state index in [1.807, 2.05) is 0 Å². The summed E-state index contributed by atoms with van der Waals surface area (Å²) in [5.74, 6) is 1.69. The minimum atomic E-state index is -1.04. The number of hydrogen-bond acceptors (Lipinski definition) is 5. The molecule has 2 spiro atoms. The molecular formula is C9H6N4O5. The van der Waals surface area contributed by atoms with Gasteiger partial charge in [0.1, 0.15) is 11.1 Å². The number of hydrogen-bond donors (Lipinski definition) is 0. The zero-order valence-electron chi connectivity index (χ0n) is 8.79. The lowest BCUT2D eigenvalue weighted by atomic mass is 8.96. The summed E-state index contributed by atoms with van der Waals surface area (Å²) in [6.45, 7) is 0. The first-order chi connectivity index (χ1) is 8.54. The Morgan fingerprint density at radius 2 is 1.22 bits per heavy atom. The van der Waals surface area contributed by atoms with Crippen molar-refractivity contribution >= 4 is 6.03 Å². The summed E-state index contributed by atoms with van der Waals surface area (Å²) in [5, 5.41) is 21.9. The normalized spacial score (nSPS) is 65.9. The largest absolute Gasteiger partial charge is 0.436 e. The molecule has 0 radical (unpaired) electrons. The predicted molar refractivity (Wildman–Crippen MR) is 49.5 cm³/mol. The van der Waals surface area contributed by atoms with Crippen LogP contribution in [0.25, 0.3) is 0 Å². The van der Waals surface area contributed by atoms with Crippen LogP contribution >= 0.6 is 0 Å². The average Bonchev–Trinajstić information content (AvgIpc) is 2.51. The Labute approximate surface area is 98.6 Å². The fourth-order valence-corrected chi connectivity index (χ4v) is 7.14. The third kappa shape index (κ3) is 0.317. The van der Waals surface area contributed by atoms with Crippen LogP contribution in [0.5, 0.6) is 0 Å². The fourth-order valence-electron chi connectivity index (χ4n) is 7.14. The third-order valence-corrected chi connectivity index (χ3v) is 6.94. The van der Waals surface area contributed by atoms with Crippen LogP contribution in [0.15, 0.2) is 0 Å². The van der Waals surface area contributed by atoms with Gasteiger partial charge in [-0.15, -0.1) is 0 Å². The molecule has 6 saturated carbocycles. The molecule has 1 heterocycles. The average molecular weight is 250 g/mol. The number of carbonyl (C=O) groups excluding carboxylic acids is 1. The van der Waals surface area contributed by atoms with Crippen molar-refractivity contribution in [1.82, 2.24) is 10.0 Å². The summed E-state index contributed by atoms with van der Waals surface area (Å²) in [4.78, 5) is 34.2. The lowest BCUT2D eigenvalue weighted by Crippen LogP contribution is -3.18. The number of hydrazine groups is 2. The van der Waals surface area contributed by atoms with E-state index in [0.717, 1.165) is 0 Å². The Balaban J connectivity index is 1.63. The molecule has 0 aromatic heterocycles. The van der Waals surface area contributed by atoms with Gasteiger partial charge in [-0.2, -0.15) is 0 Å². The minimum Gasteiger partial charge on any atom is -0.237 e. The van der Waals surface area contributed by atoms with Gasteiger partial charge < -0.3 is 0 Å². The van der Waals surface area contributed by atoms with Crippen LogP contribution in [0.3, 0.4) is 0 Å². The second-order valence-corrected chi connectivity index (χ2v) is 6.29. The molecule has 9 heteroatoms. The summed E-state index contributed by atoms with van der Waals surface area (Å²) >= 11 is 0. The smallest absolute Gasteiger partial charge is 0.237 e. The van der Waals surface area contributed by atoms with E-state index in [1.165, 1.54) is 0 Å². The highest BCUT2D eigenvalue weighted by Gasteiger charge is 3.20. The number of carbonyl (C=O) groups is 1. The van der Waals surface area contributed by atoms with E-state index >= 15 is 0 Å². The Bertz CT molecular complexity index is 560. The van der Waals surface area contributed by atoms with E-state index in [4.69, 9.17) is 0 Å². The van der Waals surface area contributed by atoms with Gasteiger partial charge in [-0.3, -0.25) is 0 Å². The quantitative estimate of drug-likeness (QED) is 0.477. The zero-order valence-corrected chi connectivity index (χ0v) is 8.79. The van der Waals surface area contributed by atoms with Crippen molar-refractivity contribution in [1.29, 1.82) is 0 Å². The molecule has 7 rings (SSSR count). The van der Waals surface area contributed by atoms with Crippen molar-refractivity contribution in [2.24, 2.45) is 35.5 Å². The van der Waals surface area contributed by atoms with Gasteiger partial charge in [-0.1, -0.05) is 0 Å². The van der Waals surface area contributed by atoms with Crippen LogP contribution in [0, 0.1) is 55.7 Å². The maximum atomic E-state index is 12.0. The summed E-state index contributed by atoms with van der Waals surface area (Å²) in [6.07, 6.45) is 0. The van der Waals surface area contributed by atoms with E-state index in [1.54, 1.807) is 0 Å². The molecule has 6 aliphatic carbocycles. The van der Waals surface area contributed by atoms with Crippen molar-refractivity contribution in [3.63, 3.8) is 0 Å². The highest BCUT2D eigenvalue weighted by molar-refractivity contribution is 5.86. The van der Waals surface area contributed by atoms with E-state index in [9.17, 15) is 25.0 Å². The van der Waals surface area contributed by atoms with Gasteiger partial charge >= 0.3 is 6.03 Å². The highest BCUT2D eigenvalue weighted by atomic mass is 16.7. The monoisotopic (exact) mass is 250 g/mol. The second kappa shape index (κ2) is 1.61. The van der Waals surface area contributed by atoms with Gasteiger partial charge in [-0.25, -0.2) is 25.0 Å². The van der Waals surface area contributed by atoms with Crippen molar-refractivity contribution in [2.75, 3.05) is 0 Å². The van der Waals surface area contributed by atoms with Crippen LogP contribution in [-0.2, 0) is 0 Å². The molecule has 7 aliphatic rings. The maximum Gasteiger partial charge on any atom is 0.436 e. The number of nitrogens with zero attached hydrogens (tertiary/aromatic N) is 4. The Morgan fingerprint density at radius 3 is 1.50 bits per heavy atom. The third-order valence-electron chi connectivity index (χ3n) is 6.94. The molecular weight excluding hydrogens is 244 g/mol. The Kier molecular flexibility index (Phi) is 0.735. The molecule has 0 aromatic rings. The van der Waals surface area contributed by atoms with E-state index < -0.39 is 27.2 Å². The molecule has 18 heavy (non-hydrogen) atoms. The van der Waals surface area contributed by atoms with Crippen LogP contribution in [0.4, 0.5) is 4.79 Å². The van der Waals surface area contributed by atoms with E-state index in [0.29, 0.717) is 21.9 Å². The lowest BCUT2D eigenvalue weighted by molar-refractivity contribution is -0.758. The van der Waals surface area contributed by atoms with Gasteiger partial charge in [0.05, 0.1) is 0 Å². The molecule has 92 valence electrons. The Morgan fingerprint density at radius 1 is 0.889 bits per heavy atom. The summed E-state index contributed by atoms with van der Waals surface area (Å²) in [5.41, 5.74) is -1.62. The van der Waals surface area contributed by atoms with Crippen LogP contribution in [0.1, 0.15) is 0 Å². The van der Waals surface area contributed by atoms with Gasteiger partial charge in [0.25, 0.3) is 0 Å². The molecule has 4 unspecified atom stereocenters. The molecule has 1 aliphatic heterocycles. The number of urea groups is 1. The molecule has 1 saturated heterocycles. The van der Waals surface area contributed by atoms with Crippen molar-refractivity contribution in [3.05, 3.63) is 20.2 Å². The highest BCUT2D eigenvalue weighted by Crippen LogP contribution is 3.06. The molecule has 0 aromatic carbocycles. The van der Waals surface area contributed by atoms with E-state index in [2.05, 4.69) is 0 Å². The summed E-state index contributed by atoms with van der Waals surface area (Å²) < 4.78 is 0. The van der Waals surface area contributed by atoms with Gasteiger partial charge in [-0.05, 0) is 21.9 Å². The Hall–Kier alpha value is -1.93. The van der Waals surface area contributed by atoms with Crippen LogP contribution in [0.2, 0.25) is 0 Å². The first kappa shape index (κ1) is 8.22. The van der Waals surface area contributed by atoms with Crippen LogP contribution in [-0.4, -0.2) is 37.2 Å². The summed E-state index contributed by atoms with van der Waals surface area (Å²) in [7, 11) is 0. The minimum absolute atomic E-state index is 0.164. The van der Waals surface area contributed by atoms with Crippen molar-refractivity contribution in [2.45, 2.75) is 11.1 Å². The standard InChI is InChI=1S/C9H6N4O5/c14-7-10(12(15)16)8-3-1-2-5(3)9(8,6(2)4(1)8)11(7)13(17)18/h1-6H. The predicted octanol–water partition coefficient (Wildman–Crippen LogP) is -0.650. The SMILES string of the molecule is O=C1N([N+](=O)[O-])C23C4C5C6C4C2(C6C53)N1[N+](=O)[O-]. The molecule has 9 nitrogen and oxygen atoms in total. The topological polar surface area (TPSA) is 110 Å². The number of nitro groups is 2. The fraction of sp³-hybridized carbons (Fsp3) is 0.889. The summed E-state index contributed by atoms with van der Waals surface area (Å²) in [6, 6.07) is -1.04. The van der Waals surface area contributed by atoms with Gasteiger partial charge in [0, 0.05) is 23.7 Å². The first-order valence-corrected chi connectivity index (χ1v) is 5.97. The molecule has 7 fully saturated rings. The lowest BCUT2D eigenvalue weighted by Gasteiger charge is -3.06. The molecule has 4 atom stereocenters. The zero-order chi connectivity index (χ0) is 12.4. The van der Waals surface area contributed by atoms with Crippen molar-refractivity contribution in [3.8, 4) is 0 Å². The van der Waals surface area contributed by atoms with Crippen LogP contribution < -0.4 is 0 Å². The molecule has 0 bridgehead atoms. The number of rotatable bonds is 2. The maximum absolute atomic E-state index is 12.0. The second-order valence-electron chi connectivity index (χ2n) is 6.29. The first-order valence-electron chi connectivity index (χ1n) is 5.97. The number of amides is 2. The van der Waals surface area contributed by atoms with Crippen molar-refractivity contribution < 1.29 is 14.9 Å². The van der Waals surface area contributed by atoms with E-state index in [-0.39, 0.29) is 23.7 Å².